The molecule has 2 N–H and O–H groups in total. The summed E-state index contributed by atoms with van der Waals surface area (Å²) in [5.74, 6) is 1.20. The van der Waals surface area contributed by atoms with Gasteiger partial charge in [-0.05, 0) is 37.1 Å². The maximum Gasteiger partial charge on any atom is 0.240 e. The van der Waals surface area contributed by atoms with Crippen LogP contribution in [0.3, 0.4) is 0 Å². The van der Waals surface area contributed by atoms with Crippen LogP contribution in [0.4, 0.5) is 0 Å². The summed E-state index contributed by atoms with van der Waals surface area (Å²) >= 11 is 6.01. The zero-order valence-electron chi connectivity index (χ0n) is 12.9. The first kappa shape index (κ1) is 18.2. The third kappa shape index (κ3) is 4.67. The van der Waals surface area contributed by atoms with E-state index in [1.54, 1.807) is 0 Å². The molecule has 126 valence electrons. The average molecular weight is 357 g/mol. The summed E-state index contributed by atoms with van der Waals surface area (Å²) < 4.78 is 5.11. The predicted octanol–water partition coefficient (Wildman–Crippen LogP) is 3.72. The lowest BCUT2D eigenvalue weighted by Gasteiger charge is -2.29. The molecule has 1 aromatic heterocycles. The van der Waals surface area contributed by atoms with Crippen LogP contribution in [0.2, 0.25) is 5.02 Å². The van der Waals surface area contributed by atoms with E-state index < -0.39 is 0 Å². The van der Waals surface area contributed by atoms with Crippen molar-refractivity contribution >= 4 is 24.0 Å². The molecule has 2 aromatic rings. The van der Waals surface area contributed by atoms with Crippen molar-refractivity contribution in [3.63, 3.8) is 0 Å². The summed E-state index contributed by atoms with van der Waals surface area (Å²) in [5, 5.41) is 4.80. The van der Waals surface area contributed by atoms with Crippen LogP contribution in [0.15, 0.2) is 28.8 Å². The third-order valence-corrected chi connectivity index (χ3v) is 4.40. The van der Waals surface area contributed by atoms with Crippen LogP contribution in [-0.2, 0) is 13.1 Å². The van der Waals surface area contributed by atoms with E-state index in [1.165, 1.54) is 24.8 Å². The predicted molar refractivity (Wildman–Crippen MR) is 92.5 cm³/mol. The lowest BCUT2D eigenvalue weighted by Crippen LogP contribution is -2.28. The number of halogens is 2. The van der Waals surface area contributed by atoms with E-state index in [2.05, 4.69) is 27.2 Å². The van der Waals surface area contributed by atoms with E-state index in [0.717, 1.165) is 18.0 Å². The fourth-order valence-corrected chi connectivity index (χ4v) is 3.16. The Labute approximate surface area is 147 Å². The molecule has 0 amide bonds. The minimum atomic E-state index is 0. The fraction of sp³-hybridized carbons (Fsp3) is 0.500. The Balaban J connectivity index is 0.00000192. The molecular weight excluding hydrogens is 335 g/mol. The molecule has 0 radical (unpaired) electrons. The summed E-state index contributed by atoms with van der Waals surface area (Å²) in [7, 11) is 0. The molecule has 0 aliphatic carbocycles. The Hall–Kier alpha value is -1.14. The minimum absolute atomic E-state index is 0. The van der Waals surface area contributed by atoms with Gasteiger partial charge in [-0.3, -0.25) is 4.90 Å². The molecule has 1 aliphatic heterocycles. The number of likely N-dealkylation sites (tertiary alicyclic amines) is 1. The Kier molecular flexibility index (Phi) is 6.84. The molecule has 5 nitrogen and oxygen atoms in total. The van der Waals surface area contributed by atoms with Crippen LogP contribution in [0.5, 0.6) is 0 Å². The highest BCUT2D eigenvalue weighted by Crippen LogP contribution is 2.31. The number of benzene rings is 1. The van der Waals surface area contributed by atoms with E-state index in [9.17, 15) is 0 Å². The average Bonchev–Trinajstić information content (AvgIpc) is 2.86. The first-order valence-corrected chi connectivity index (χ1v) is 8.15. The highest BCUT2D eigenvalue weighted by molar-refractivity contribution is 6.30. The van der Waals surface area contributed by atoms with Gasteiger partial charge in [0.05, 0.1) is 13.1 Å². The van der Waals surface area contributed by atoms with Crippen LogP contribution >= 0.6 is 24.0 Å². The van der Waals surface area contributed by atoms with Crippen molar-refractivity contribution in [3.05, 3.63) is 46.6 Å². The molecule has 0 saturated carbocycles. The van der Waals surface area contributed by atoms with Crippen LogP contribution in [0.1, 0.15) is 49.0 Å². The van der Waals surface area contributed by atoms with E-state index in [-0.39, 0.29) is 19.0 Å². The van der Waals surface area contributed by atoms with E-state index >= 15 is 0 Å². The standard InChI is InChI=1S/C16H21ClN4O.ClH/c17-13-7-5-12(6-8-13)14-4-2-1-3-9-21(14)11-15-19-16(10-18)22-20-15;/h5-8,14H,1-4,9-11,18H2;1H. The van der Waals surface area contributed by atoms with Crippen molar-refractivity contribution in [2.45, 2.75) is 44.8 Å². The summed E-state index contributed by atoms with van der Waals surface area (Å²) in [6.45, 7) is 2.02. The Morgan fingerprint density at radius 3 is 2.70 bits per heavy atom. The monoisotopic (exact) mass is 356 g/mol. The van der Waals surface area contributed by atoms with Crippen LogP contribution in [0, 0.1) is 0 Å². The van der Waals surface area contributed by atoms with Gasteiger partial charge in [-0.25, -0.2) is 0 Å². The van der Waals surface area contributed by atoms with Gasteiger partial charge in [-0.15, -0.1) is 12.4 Å². The molecule has 2 heterocycles. The number of aromatic nitrogens is 2. The summed E-state index contributed by atoms with van der Waals surface area (Å²) in [6.07, 6.45) is 4.85. The van der Waals surface area contributed by atoms with E-state index in [4.69, 9.17) is 21.9 Å². The molecule has 0 spiro atoms. The van der Waals surface area contributed by atoms with Gasteiger partial charge < -0.3 is 10.3 Å². The molecule has 1 saturated heterocycles. The highest BCUT2D eigenvalue weighted by atomic mass is 35.5. The smallest absolute Gasteiger partial charge is 0.240 e. The van der Waals surface area contributed by atoms with E-state index in [0.29, 0.717) is 24.3 Å². The maximum absolute atomic E-state index is 6.01. The molecule has 1 aliphatic rings. The largest absolute Gasteiger partial charge is 0.338 e. The van der Waals surface area contributed by atoms with Crippen molar-refractivity contribution in [2.24, 2.45) is 5.73 Å². The van der Waals surface area contributed by atoms with Gasteiger partial charge in [0.25, 0.3) is 0 Å². The number of hydrogen-bond acceptors (Lipinski definition) is 5. The quantitative estimate of drug-likeness (QED) is 0.903. The zero-order valence-corrected chi connectivity index (χ0v) is 14.5. The number of hydrogen-bond donors (Lipinski definition) is 1. The lowest BCUT2D eigenvalue weighted by molar-refractivity contribution is 0.185. The molecule has 1 aromatic carbocycles. The van der Waals surface area contributed by atoms with Gasteiger partial charge in [0, 0.05) is 11.1 Å². The fourth-order valence-electron chi connectivity index (χ4n) is 3.04. The first-order chi connectivity index (χ1) is 10.8. The maximum atomic E-state index is 6.01. The molecule has 1 unspecified atom stereocenters. The van der Waals surface area contributed by atoms with Crippen LogP contribution < -0.4 is 5.73 Å². The Morgan fingerprint density at radius 2 is 2.00 bits per heavy atom. The lowest BCUT2D eigenvalue weighted by atomic mass is 10.0. The number of rotatable bonds is 4. The Bertz CT molecular complexity index is 602. The summed E-state index contributed by atoms with van der Waals surface area (Å²) in [6, 6.07) is 8.53. The van der Waals surface area contributed by atoms with Gasteiger partial charge in [-0.2, -0.15) is 4.98 Å². The molecular formula is C16H22Cl2N4O. The molecule has 3 rings (SSSR count). The van der Waals surface area contributed by atoms with Gasteiger partial charge in [0.1, 0.15) is 0 Å². The topological polar surface area (TPSA) is 68.2 Å². The Morgan fingerprint density at radius 1 is 1.22 bits per heavy atom. The SMILES string of the molecule is Cl.NCc1nc(CN2CCCCCC2c2ccc(Cl)cc2)no1. The van der Waals surface area contributed by atoms with Crippen LogP contribution in [-0.4, -0.2) is 21.6 Å². The van der Waals surface area contributed by atoms with Crippen molar-refractivity contribution in [3.8, 4) is 0 Å². The summed E-state index contributed by atoms with van der Waals surface area (Å²) in [5.41, 5.74) is 6.83. The number of nitrogens with zero attached hydrogens (tertiary/aromatic N) is 3. The van der Waals surface area contributed by atoms with Crippen molar-refractivity contribution < 1.29 is 4.52 Å². The summed E-state index contributed by atoms with van der Waals surface area (Å²) in [4.78, 5) is 6.76. The van der Waals surface area contributed by atoms with Gasteiger partial charge in [0.15, 0.2) is 5.82 Å². The molecule has 23 heavy (non-hydrogen) atoms. The first-order valence-electron chi connectivity index (χ1n) is 7.77. The van der Waals surface area contributed by atoms with E-state index in [1.807, 2.05) is 12.1 Å². The third-order valence-electron chi connectivity index (χ3n) is 4.15. The molecule has 1 atom stereocenters. The van der Waals surface area contributed by atoms with Crippen molar-refractivity contribution in [1.82, 2.24) is 15.0 Å². The van der Waals surface area contributed by atoms with Crippen LogP contribution in [0.25, 0.3) is 0 Å². The minimum Gasteiger partial charge on any atom is -0.338 e. The highest BCUT2D eigenvalue weighted by Gasteiger charge is 2.24. The number of nitrogens with two attached hydrogens (primary N) is 1. The zero-order chi connectivity index (χ0) is 15.4. The van der Waals surface area contributed by atoms with Crippen molar-refractivity contribution in [2.75, 3.05) is 6.54 Å². The second-order valence-corrected chi connectivity index (χ2v) is 6.13. The van der Waals surface area contributed by atoms with Gasteiger partial charge in [-0.1, -0.05) is 41.7 Å². The van der Waals surface area contributed by atoms with Gasteiger partial charge >= 0.3 is 0 Å². The second kappa shape index (κ2) is 8.64. The molecule has 7 heteroatoms. The molecule has 0 bridgehead atoms. The second-order valence-electron chi connectivity index (χ2n) is 5.70. The normalized spacial score (nSPS) is 19.1. The molecule has 1 fully saturated rings. The van der Waals surface area contributed by atoms with Gasteiger partial charge in [0.2, 0.25) is 5.89 Å². The van der Waals surface area contributed by atoms with Crippen molar-refractivity contribution in [1.29, 1.82) is 0 Å².